The zero-order valence-corrected chi connectivity index (χ0v) is 18.8. The van der Waals surface area contributed by atoms with Crippen LogP contribution >= 0.6 is 0 Å². The highest BCUT2D eigenvalue weighted by Crippen LogP contribution is 2.60. The Kier molecular flexibility index (Phi) is 5.56. The van der Waals surface area contributed by atoms with Crippen molar-refractivity contribution in [2.24, 2.45) is 23.2 Å². The van der Waals surface area contributed by atoms with E-state index in [0.29, 0.717) is 17.8 Å². The largest absolute Gasteiger partial charge is 0.454 e. The average molecular weight is 434 g/mol. The van der Waals surface area contributed by atoms with Gasteiger partial charge >= 0.3 is 5.97 Å². The number of likely N-dealkylation sites (N-methyl/N-ethyl adjacent to an activating group) is 1. The van der Waals surface area contributed by atoms with Gasteiger partial charge in [-0.2, -0.15) is 4.31 Å². The molecule has 0 radical (unpaired) electrons. The number of hydrogen-bond acceptors (Lipinski definition) is 5. The van der Waals surface area contributed by atoms with Crippen molar-refractivity contribution in [1.82, 2.24) is 4.31 Å². The number of ether oxygens (including phenoxy) is 1. The van der Waals surface area contributed by atoms with Gasteiger partial charge in [-0.25, -0.2) is 8.42 Å². The van der Waals surface area contributed by atoms with Crippen LogP contribution in [0.4, 0.5) is 0 Å². The summed E-state index contributed by atoms with van der Waals surface area (Å²) in [6.45, 7) is 3.08. The molecule has 0 spiro atoms. The van der Waals surface area contributed by atoms with Gasteiger partial charge in [0.2, 0.25) is 10.0 Å². The van der Waals surface area contributed by atoms with Crippen LogP contribution in [0.2, 0.25) is 0 Å². The molecule has 0 aromatic heterocycles. The minimum absolute atomic E-state index is 0.0268. The molecule has 6 nitrogen and oxygen atoms in total. The topological polar surface area (TPSA) is 80.8 Å². The second-order valence-corrected chi connectivity index (χ2v) is 11.8. The van der Waals surface area contributed by atoms with Gasteiger partial charge in [0.05, 0.1) is 4.90 Å². The lowest BCUT2D eigenvalue weighted by Crippen LogP contribution is -2.53. The van der Waals surface area contributed by atoms with Gasteiger partial charge in [-0.3, -0.25) is 9.59 Å². The van der Waals surface area contributed by atoms with E-state index in [0.717, 1.165) is 29.1 Å². The van der Waals surface area contributed by atoms with Gasteiger partial charge in [0, 0.05) is 12.5 Å². The molecule has 0 unspecified atom stereocenters. The minimum Gasteiger partial charge on any atom is -0.454 e. The Balaban J connectivity index is 1.38. The first-order chi connectivity index (χ1) is 14.1. The van der Waals surface area contributed by atoms with E-state index in [-0.39, 0.29) is 16.1 Å². The lowest BCUT2D eigenvalue weighted by atomic mass is 9.48. The van der Waals surface area contributed by atoms with Crippen LogP contribution < -0.4 is 0 Å². The zero-order valence-electron chi connectivity index (χ0n) is 18.0. The maximum atomic E-state index is 13.3. The Morgan fingerprint density at radius 2 is 1.57 bits per heavy atom. The summed E-state index contributed by atoms with van der Waals surface area (Å²) in [7, 11) is -2.45. The van der Waals surface area contributed by atoms with E-state index < -0.39 is 28.6 Å². The van der Waals surface area contributed by atoms with Crippen LogP contribution in [0.5, 0.6) is 0 Å². The predicted molar refractivity (Wildman–Crippen MR) is 112 cm³/mol. The molecular weight excluding hydrogens is 402 g/mol. The lowest BCUT2D eigenvalue weighted by Gasteiger charge is -2.56. The van der Waals surface area contributed by atoms with Gasteiger partial charge in [-0.15, -0.1) is 0 Å². The Labute approximate surface area is 179 Å². The quantitative estimate of drug-likeness (QED) is 0.616. The maximum Gasteiger partial charge on any atom is 0.321 e. The van der Waals surface area contributed by atoms with E-state index in [1.807, 2.05) is 6.92 Å². The van der Waals surface area contributed by atoms with Crippen LogP contribution in [-0.2, 0) is 24.3 Å². The van der Waals surface area contributed by atoms with Crippen molar-refractivity contribution in [3.63, 3.8) is 0 Å². The Bertz CT molecular complexity index is 902. The number of benzene rings is 1. The number of esters is 1. The van der Waals surface area contributed by atoms with Crippen molar-refractivity contribution < 1.29 is 22.7 Å². The van der Waals surface area contributed by atoms with E-state index >= 15 is 0 Å². The number of Topliss-reactive ketones (excluding diaryl/α,β-unsaturated/α-hetero) is 1. The molecular formula is C23H31NO5S. The van der Waals surface area contributed by atoms with Crippen molar-refractivity contribution in [2.75, 3.05) is 13.6 Å². The lowest BCUT2D eigenvalue weighted by molar-refractivity contribution is -0.164. The van der Waals surface area contributed by atoms with Crippen molar-refractivity contribution >= 4 is 21.8 Å². The third kappa shape index (κ3) is 3.94. The van der Waals surface area contributed by atoms with Gasteiger partial charge in [0.1, 0.15) is 6.54 Å². The number of rotatable bonds is 7. The van der Waals surface area contributed by atoms with E-state index in [2.05, 4.69) is 0 Å². The van der Waals surface area contributed by atoms with Gasteiger partial charge < -0.3 is 4.74 Å². The van der Waals surface area contributed by atoms with Gasteiger partial charge in [0.25, 0.3) is 0 Å². The SMILES string of the molecule is Cc1ccc(S(=O)(=O)N(C)CC(=O)O[C@@H](C)C(=O)C23CC4CC(CC(C4)C2)C3)cc1. The fraction of sp³-hybridized carbons (Fsp3) is 0.652. The van der Waals surface area contributed by atoms with Crippen molar-refractivity contribution in [2.45, 2.75) is 63.4 Å². The summed E-state index contributed by atoms with van der Waals surface area (Å²) < 4.78 is 31.8. The highest BCUT2D eigenvalue weighted by molar-refractivity contribution is 7.89. The molecule has 4 aliphatic rings. The van der Waals surface area contributed by atoms with Crippen LogP contribution in [0.1, 0.15) is 51.0 Å². The highest BCUT2D eigenvalue weighted by atomic mass is 32.2. The predicted octanol–water partition coefficient (Wildman–Crippen LogP) is 3.33. The van der Waals surface area contributed by atoms with Gasteiger partial charge in [0.15, 0.2) is 11.9 Å². The molecule has 164 valence electrons. The summed E-state index contributed by atoms with van der Waals surface area (Å²) in [5.74, 6) is 1.23. The molecule has 30 heavy (non-hydrogen) atoms. The van der Waals surface area contributed by atoms with E-state index in [1.54, 1.807) is 19.1 Å². The van der Waals surface area contributed by atoms with E-state index in [1.165, 1.54) is 38.4 Å². The minimum atomic E-state index is -3.80. The average Bonchev–Trinajstić information content (AvgIpc) is 2.66. The number of nitrogens with zero attached hydrogens (tertiary/aromatic N) is 1. The molecule has 1 aromatic carbocycles. The Morgan fingerprint density at radius 3 is 2.07 bits per heavy atom. The molecule has 4 fully saturated rings. The Hall–Kier alpha value is -1.73. The Morgan fingerprint density at radius 1 is 1.07 bits per heavy atom. The van der Waals surface area contributed by atoms with E-state index in [9.17, 15) is 18.0 Å². The summed E-state index contributed by atoms with van der Waals surface area (Å²) in [6, 6.07) is 6.47. The van der Waals surface area contributed by atoms with Crippen LogP contribution in [-0.4, -0.2) is 44.2 Å². The fourth-order valence-electron chi connectivity index (χ4n) is 6.29. The number of carbonyl (C=O) groups excluding carboxylic acids is 2. The molecule has 0 heterocycles. The highest BCUT2D eigenvalue weighted by Gasteiger charge is 2.55. The molecule has 7 heteroatoms. The first-order valence-electron chi connectivity index (χ1n) is 10.9. The normalized spacial score (nSPS) is 31.0. The van der Waals surface area contributed by atoms with Gasteiger partial charge in [-0.05, 0) is 82.3 Å². The first kappa shape index (κ1) is 21.5. The molecule has 4 saturated carbocycles. The standard InChI is InChI=1S/C23H31NO5S/c1-15-4-6-20(7-5-15)30(27,28)24(3)14-21(25)29-16(2)22(26)23-11-17-8-18(12-23)10-19(9-17)13-23/h4-7,16-19H,8-14H2,1-3H3/t16-,17?,18?,19?,23?/m0/s1. The zero-order chi connectivity index (χ0) is 21.7. The van der Waals surface area contributed by atoms with Crippen LogP contribution in [0.15, 0.2) is 29.2 Å². The molecule has 5 rings (SSSR count). The molecule has 4 aliphatic carbocycles. The summed E-state index contributed by atoms with van der Waals surface area (Å²) >= 11 is 0. The molecule has 0 saturated heterocycles. The fourth-order valence-corrected chi connectivity index (χ4v) is 7.40. The number of aryl methyl sites for hydroxylation is 1. The molecule has 4 bridgehead atoms. The smallest absolute Gasteiger partial charge is 0.321 e. The first-order valence-corrected chi connectivity index (χ1v) is 12.3. The molecule has 1 atom stereocenters. The molecule has 0 aliphatic heterocycles. The van der Waals surface area contributed by atoms with Crippen LogP contribution in [0, 0.1) is 30.1 Å². The number of ketones is 1. The van der Waals surface area contributed by atoms with Crippen LogP contribution in [0.3, 0.4) is 0 Å². The number of sulfonamides is 1. The molecule has 0 N–H and O–H groups in total. The molecule has 0 amide bonds. The second-order valence-electron chi connectivity index (χ2n) is 9.77. The third-order valence-corrected chi connectivity index (χ3v) is 9.14. The number of hydrogen-bond donors (Lipinski definition) is 0. The summed E-state index contributed by atoms with van der Waals surface area (Å²) in [4.78, 5) is 25.8. The van der Waals surface area contributed by atoms with Crippen molar-refractivity contribution in [3.05, 3.63) is 29.8 Å². The van der Waals surface area contributed by atoms with Crippen molar-refractivity contribution in [3.8, 4) is 0 Å². The summed E-state index contributed by atoms with van der Waals surface area (Å²) in [5.41, 5.74) is 0.613. The molecule has 1 aromatic rings. The summed E-state index contributed by atoms with van der Waals surface area (Å²) in [5, 5.41) is 0. The van der Waals surface area contributed by atoms with E-state index in [4.69, 9.17) is 4.74 Å². The third-order valence-electron chi connectivity index (χ3n) is 7.32. The van der Waals surface area contributed by atoms with Gasteiger partial charge in [-0.1, -0.05) is 17.7 Å². The summed E-state index contributed by atoms with van der Waals surface area (Å²) in [6.07, 6.45) is 5.63. The van der Waals surface area contributed by atoms with Crippen molar-refractivity contribution in [1.29, 1.82) is 0 Å². The van der Waals surface area contributed by atoms with Crippen LogP contribution in [0.25, 0.3) is 0 Å². The number of carbonyl (C=O) groups is 2. The maximum absolute atomic E-state index is 13.3. The monoisotopic (exact) mass is 433 g/mol. The second kappa shape index (κ2) is 7.75.